The summed E-state index contributed by atoms with van der Waals surface area (Å²) in [4.78, 5) is 4.42. The highest BCUT2D eigenvalue weighted by Crippen LogP contribution is 2.20. The van der Waals surface area contributed by atoms with Gasteiger partial charge in [0.25, 0.3) is 0 Å². The van der Waals surface area contributed by atoms with Gasteiger partial charge >= 0.3 is 0 Å². The fourth-order valence-corrected chi connectivity index (χ4v) is 2.18. The van der Waals surface area contributed by atoms with E-state index in [1.165, 1.54) is 5.56 Å². The average Bonchev–Trinajstić information content (AvgIpc) is 2.95. The zero-order valence-electron chi connectivity index (χ0n) is 12.2. The van der Waals surface area contributed by atoms with Crippen molar-refractivity contribution in [1.82, 2.24) is 15.5 Å². The average molecular weight is 275 g/mol. The molecule has 2 aromatic rings. The predicted molar refractivity (Wildman–Crippen MR) is 76.3 cm³/mol. The van der Waals surface area contributed by atoms with Crippen LogP contribution in [0.4, 0.5) is 0 Å². The Bertz CT molecular complexity index is 509. The summed E-state index contributed by atoms with van der Waals surface area (Å²) < 4.78 is 10.6. The van der Waals surface area contributed by atoms with Crippen LogP contribution in [0.1, 0.15) is 42.8 Å². The number of hydrogen-bond donors (Lipinski definition) is 1. The molecule has 2 rings (SSSR count). The molecule has 1 heterocycles. The van der Waals surface area contributed by atoms with Crippen LogP contribution in [-0.2, 0) is 11.2 Å². The molecule has 108 valence electrons. The van der Waals surface area contributed by atoms with Crippen LogP contribution in [0, 0.1) is 0 Å². The van der Waals surface area contributed by atoms with Gasteiger partial charge in [-0.3, -0.25) is 0 Å². The van der Waals surface area contributed by atoms with E-state index in [-0.39, 0.29) is 12.1 Å². The summed E-state index contributed by atoms with van der Waals surface area (Å²) in [6.45, 7) is 2.03. The van der Waals surface area contributed by atoms with E-state index in [9.17, 15) is 0 Å². The molecule has 0 radical (unpaired) electrons. The van der Waals surface area contributed by atoms with Gasteiger partial charge in [-0.25, -0.2) is 0 Å². The van der Waals surface area contributed by atoms with Crippen molar-refractivity contribution in [3.05, 3.63) is 47.6 Å². The molecule has 1 aromatic carbocycles. The third-order valence-electron chi connectivity index (χ3n) is 3.36. The van der Waals surface area contributed by atoms with Crippen molar-refractivity contribution < 1.29 is 9.26 Å². The zero-order valence-corrected chi connectivity index (χ0v) is 12.2. The SMILES string of the molecule is CCC(OC)c1noc(CC(NC)c2ccccc2)n1. The largest absolute Gasteiger partial charge is 0.373 e. The molecule has 20 heavy (non-hydrogen) atoms. The van der Waals surface area contributed by atoms with Gasteiger partial charge in [0, 0.05) is 19.6 Å². The second-order valence-corrected chi connectivity index (χ2v) is 4.63. The number of hydrogen-bond acceptors (Lipinski definition) is 5. The van der Waals surface area contributed by atoms with E-state index in [0.717, 1.165) is 6.42 Å². The highest BCUT2D eigenvalue weighted by atomic mass is 16.5. The van der Waals surface area contributed by atoms with E-state index in [1.54, 1.807) is 7.11 Å². The lowest BCUT2D eigenvalue weighted by Gasteiger charge is -2.14. The van der Waals surface area contributed by atoms with Crippen molar-refractivity contribution in [3.63, 3.8) is 0 Å². The van der Waals surface area contributed by atoms with E-state index >= 15 is 0 Å². The fourth-order valence-electron chi connectivity index (χ4n) is 2.18. The topological polar surface area (TPSA) is 60.2 Å². The van der Waals surface area contributed by atoms with Gasteiger partial charge in [-0.15, -0.1) is 0 Å². The lowest BCUT2D eigenvalue weighted by Crippen LogP contribution is -2.19. The van der Waals surface area contributed by atoms with Gasteiger partial charge in [0.05, 0.1) is 0 Å². The quantitative estimate of drug-likeness (QED) is 0.841. The minimum atomic E-state index is -0.0998. The lowest BCUT2D eigenvalue weighted by molar-refractivity contribution is 0.0903. The number of nitrogens with zero attached hydrogens (tertiary/aromatic N) is 2. The summed E-state index contributed by atoms with van der Waals surface area (Å²) in [5.41, 5.74) is 1.20. The van der Waals surface area contributed by atoms with Gasteiger partial charge in [-0.1, -0.05) is 42.4 Å². The maximum atomic E-state index is 5.32. The summed E-state index contributed by atoms with van der Waals surface area (Å²) in [5, 5.41) is 7.27. The number of ether oxygens (including phenoxy) is 1. The summed E-state index contributed by atoms with van der Waals surface area (Å²) >= 11 is 0. The van der Waals surface area contributed by atoms with Crippen molar-refractivity contribution in [1.29, 1.82) is 0 Å². The van der Waals surface area contributed by atoms with Gasteiger partial charge in [0.2, 0.25) is 11.7 Å². The van der Waals surface area contributed by atoms with Crippen LogP contribution >= 0.6 is 0 Å². The molecular weight excluding hydrogens is 254 g/mol. The van der Waals surface area contributed by atoms with Crippen molar-refractivity contribution in [2.24, 2.45) is 0 Å². The van der Waals surface area contributed by atoms with E-state index in [4.69, 9.17) is 9.26 Å². The van der Waals surface area contributed by atoms with E-state index < -0.39 is 0 Å². The zero-order chi connectivity index (χ0) is 14.4. The molecule has 1 aromatic heterocycles. The van der Waals surface area contributed by atoms with E-state index in [0.29, 0.717) is 18.1 Å². The number of likely N-dealkylation sites (N-methyl/N-ethyl adjacent to an activating group) is 1. The molecule has 0 fully saturated rings. The second kappa shape index (κ2) is 7.17. The first kappa shape index (κ1) is 14.7. The Kier molecular flexibility index (Phi) is 5.26. The molecule has 0 spiro atoms. The highest BCUT2D eigenvalue weighted by Gasteiger charge is 2.18. The molecule has 5 heteroatoms. The molecule has 0 bridgehead atoms. The monoisotopic (exact) mass is 275 g/mol. The molecule has 0 aliphatic heterocycles. The number of methoxy groups -OCH3 is 1. The summed E-state index contributed by atoms with van der Waals surface area (Å²) in [6, 6.07) is 10.4. The van der Waals surface area contributed by atoms with E-state index in [1.807, 2.05) is 32.2 Å². The number of nitrogens with one attached hydrogen (secondary N) is 1. The molecule has 0 amide bonds. The predicted octanol–water partition coefficient (Wildman–Crippen LogP) is 2.67. The smallest absolute Gasteiger partial charge is 0.228 e. The van der Waals surface area contributed by atoms with Crippen LogP contribution in [-0.4, -0.2) is 24.3 Å². The molecule has 2 atom stereocenters. The first-order chi connectivity index (χ1) is 9.78. The highest BCUT2D eigenvalue weighted by molar-refractivity contribution is 5.19. The number of benzene rings is 1. The van der Waals surface area contributed by atoms with Gasteiger partial charge in [-0.2, -0.15) is 4.98 Å². The van der Waals surface area contributed by atoms with Gasteiger partial charge in [0.1, 0.15) is 6.10 Å². The Balaban J connectivity index is 2.09. The van der Waals surface area contributed by atoms with Crippen molar-refractivity contribution >= 4 is 0 Å². The second-order valence-electron chi connectivity index (χ2n) is 4.63. The maximum absolute atomic E-state index is 5.32. The molecule has 2 unspecified atom stereocenters. The Morgan fingerprint density at radius 2 is 2.05 bits per heavy atom. The third-order valence-corrected chi connectivity index (χ3v) is 3.36. The van der Waals surface area contributed by atoms with Crippen molar-refractivity contribution in [2.75, 3.05) is 14.2 Å². The van der Waals surface area contributed by atoms with Crippen LogP contribution in [0.3, 0.4) is 0 Å². The summed E-state index contributed by atoms with van der Waals surface area (Å²) in [5.74, 6) is 1.24. The standard InChI is InChI=1S/C15H21N3O2/c1-4-13(19-3)15-17-14(20-18-15)10-12(16-2)11-8-6-5-7-9-11/h5-9,12-13,16H,4,10H2,1-3H3. The molecule has 0 saturated heterocycles. The molecule has 0 aliphatic rings. The maximum Gasteiger partial charge on any atom is 0.228 e. The summed E-state index contributed by atoms with van der Waals surface area (Å²) in [6.07, 6.45) is 1.38. The molecule has 0 aliphatic carbocycles. The summed E-state index contributed by atoms with van der Waals surface area (Å²) in [7, 11) is 3.59. The normalized spacial score (nSPS) is 14.2. The van der Waals surface area contributed by atoms with Crippen molar-refractivity contribution in [2.45, 2.75) is 31.9 Å². The van der Waals surface area contributed by atoms with Crippen LogP contribution in [0.5, 0.6) is 0 Å². The third kappa shape index (κ3) is 3.43. The van der Waals surface area contributed by atoms with Crippen LogP contribution < -0.4 is 5.32 Å². The number of aromatic nitrogens is 2. The Hall–Kier alpha value is -1.72. The minimum absolute atomic E-state index is 0.0998. The van der Waals surface area contributed by atoms with Gasteiger partial charge in [0.15, 0.2) is 0 Å². The van der Waals surface area contributed by atoms with Gasteiger partial charge < -0.3 is 14.6 Å². The van der Waals surface area contributed by atoms with Crippen molar-refractivity contribution in [3.8, 4) is 0 Å². The fraction of sp³-hybridized carbons (Fsp3) is 0.467. The van der Waals surface area contributed by atoms with Crippen LogP contribution in [0.2, 0.25) is 0 Å². The molecular formula is C15H21N3O2. The van der Waals surface area contributed by atoms with Crippen LogP contribution in [0.15, 0.2) is 34.9 Å². The van der Waals surface area contributed by atoms with Crippen LogP contribution in [0.25, 0.3) is 0 Å². The first-order valence-corrected chi connectivity index (χ1v) is 6.86. The minimum Gasteiger partial charge on any atom is -0.373 e. The molecule has 0 saturated carbocycles. The Labute approximate surface area is 119 Å². The van der Waals surface area contributed by atoms with E-state index in [2.05, 4.69) is 27.6 Å². The lowest BCUT2D eigenvalue weighted by atomic mass is 10.0. The molecule has 5 nitrogen and oxygen atoms in total. The first-order valence-electron chi connectivity index (χ1n) is 6.86. The Morgan fingerprint density at radius 3 is 2.65 bits per heavy atom. The van der Waals surface area contributed by atoms with Gasteiger partial charge in [-0.05, 0) is 19.0 Å². The number of rotatable bonds is 7. The Morgan fingerprint density at radius 1 is 1.30 bits per heavy atom. The molecule has 1 N–H and O–H groups in total.